The maximum Gasteiger partial charge on any atom is 0.410 e. The van der Waals surface area contributed by atoms with E-state index in [1.54, 1.807) is 4.90 Å². The Balaban J connectivity index is 1.40. The molecule has 0 bridgehead atoms. The van der Waals surface area contributed by atoms with Crippen molar-refractivity contribution < 1.29 is 9.53 Å². The van der Waals surface area contributed by atoms with Crippen molar-refractivity contribution in [3.05, 3.63) is 48.1 Å². The highest BCUT2D eigenvalue weighted by atomic mass is 16.6. The highest BCUT2D eigenvalue weighted by Crippen LogP contribution is 2.31. The van der Waals surface area contributed by atoms with Gasteiger partial charge in [0.1, 0.15) is 23.4 Å². The van der Waals surface area contributed by atoms with Crippen LogP contribution in [0.1, 0.15) is 38.4 Å². The van der Waals surface area contributed by atoms with Crippen LogP contribution in [0.5, 0.6) is 0 Å². The Morgan fingerprint density at radius 1 is 1.26 bits per heavy atom. The van der Waals surface area contributed by atoms with Crippen LogP contribution in [0, 0.1) is 0 Å². The molecule has 0 saturated carbocycles. The lowest BCUT2D eigenvalue weighted by molar-refractivity contribution is 0.0270. The van der Waals surface area contributed by atoms with Gasteiger partial charge in [-0.1, -0.05) is 6.08 Å². The van der Waals surface area contributed by atoms with E-state index in [4.69, 9.17) is 10.5 Å². The molecule has 4 heterocycles. The number of amides is 1. The lowest BCUT2D eigenvalue weighted by atomic mass is 10.1. The molecule has 1 aliphatic heterocycles. The minimum Gasteiger partial charge on any atom is -0.444 e. The smallest absolute Gasteiger partial charge is 0.410 e. The van der Waals surface area contributed by atoms with Crippen molar-refractivity contribution >= 4 is 45.1 Å². The van der Waals surface area contributed by atoms with Crippen molar-refractivity contribution in [2.24, 2.45) is 12.8 Å². The van der Waals surface area contributed by atoms with Crippen molar-refractivity contribution in [1.82, 2.24) is 29.6 Å². The number of fused-ring (bicyclic) bond motifs is 2. The van der Waals surface area contributed by atoms with Crippen molar-refractivity contribution in [2.75, 3.05) is 18.4 Å². The Kier molecular flexibility index (Phi) is 5.68. The monoisotopic (exact) mass is 474 g/mol. The minimum absolute atomic E-state index is 0.288. The number of anilines is 2. The van der Waals surface area contributed by atoms with Crippen LogP contribution in [-0.2, 0) is 18.3 Å². The molecule has 1 aliphatic rings. The van der Waals surface area contributed by atoms with Crippen LogP contribution in [0.2, 0.25) is 0 Å². The molecule has 0 aliphatic carbocycles. The van der Waals surface area contributed by atoms with E-state index in [9.17, 15) is 4.79 Å². The molecule has 0 spiro atoms. The summed E-state index contributed by atoms with van der Waals surface area (Å²) < 4.78 is 7.33. The summed E-state index contributed by atoms with van der Waals surface area (Å²) in [5.74, 6) is 0.704. The maximum absolute atomic E-state index is 12.4. The zero-order valence-electron chi connectivity index (χ0n) is 20.4. The lowest BCUT2D eigenvalue weighted by Gasteiger charge is -2.29. The van der Waals surface area contributed by atoms with E-state index in [0.29, 0.717) is 25.5 Å². The van der Waals surface area contributed by atoms with Gasteiger partial charge in [0, 0.05) is 43.4 Å². The summed E-state index contributed by atoms with van der Waals surface area (Å²) in [5, 5.41) is 9.69. The van der Waals surface area contributed by atoms with Crippen LogP contribution in [0.3, 0.4) is 0 Å². The predicted molar refractivity (Wildman–Crippen MR) is 136 cm³/mol. The Bertz CT molecular complexity index is 1440. The number of rotatable bonds is 4. The number of nitrogens with two attached hydrogens (primary N) is 1. The summed E-state index contributed by atoms with van der Waals surface area (Å²) in [6.45, 7) is 7.13. The van der Waals surface area contributed by atoms with Crippen LogP contribution in [0.25, 0.3) is 27.5 Å². The van der Waals surface area contributed by atoms with E-state index >= 15 is 0 Å². The van der Waals surface area contributed by atoms with Crippen LogP contribution >= 0.6 is 0 Å². The number of nitrogens with zero attached hydrogens (tertiary/aromatic N) is 5. The fourth-order valence-corrected chi connectivity index (χ4v) is 4.40. The first-order valence-electron chi connectivity index (χ1n) is 11.6. The van der Waals surface area contributed by atoms with Gasteiger partial charge in [0.15, 0.2) is 0 Å². The van der Waals surface area contributed by atoms with Gasteiger partial charge in [-0.2, -0.15) is 5.10 Å². The summed E-state index contributed by atoms with van der Waals surface area (Å²) in [6, 6.07) is 6.12. The van der Waals surface area contributed by atoms with E-state index in [0.717, 1.165) is 50.9 Å². The Labute approximate surface area is 203 Å². The van der Waals surface area contributed by atoms with Crippen LogP contribution in [0.4, 0.5) is 16.3 Å². The van der Waals surface area contributed by atoms with E-state index in [1.807, 2.05) is 50.8 Å². The second-order valence-corrected chi connectivity index (χ2v) is 9.74. The number of ether oxygens (including phenoxy) is 1. The SMILES string of the molecule is Cn1ncc2cc(Nc3ncnc4[nH]c(C5=CCN(C(=O)OC(C)(C)C)CC5)cc34)cc(CN)c21. The zero-order chi connectivity index (χ0) is 24.7. The minimum atomic E-state index is -0.507. The molecule has 0 radical (unpaired) electrons. The second kappa shape index (κ2) is 8.70. The van der Waals surface area contributed by atoms with Gasteiger partial charge < -0.3 is 25.7 Å². The molecular formula is C25H30N8O2. The maximum atomic E-state index is 12.4. The molecular weight excluding hydrogens is 444 g/mol. The molecule has 4 aromatic rings. The number of hydrogen-bond acceptors (Lipinski definition) is 7. The third-order valence-corrected chi connectivity index (χ3v) is 6.03. The lowest BCUT2D eigenvalue weighted by Crippen LogP contribution is -2.39. The molecule has 5 rings (SSSR count). The molecule has 1 aromatic carbocycles. The van der Waals surface area contributed by atoms with E-state index in [1.165, 1.54) is 6.33 Å². The quantitative estimate of drug-likeness (QED) is 0.407. The number of nitrogens with one attached hydrogen (secondary N) is 2. The van der Waals surface area contributed by atoms with Gasteiger partial charge in [-0.3, -0.25) is 4.68 Å². The molecule has 182 valence electrons. The molecule has 0 saturated heterocycles. The average Bonchev–Trinajstić information content (AvgIpc) is 3.42. The summed E-state index contributed by atoms with van der Waals surface area (Å²) >= 11 is 0. The Morgan fingerprint density at radius 3 is 2.80 bits per heavy atom. The number of aromatic amines is 1. The first kappa shape index (κ1) is 22.9. The van der Waals surface area contributed by atoms with Gasteiger partial charge in [0.25, 0.3) is 0 Å². The molecule has 0 atom stereocenters. The zero-order valence-corrected chi connectivity index (χ0v) is 20.4. The predicted octanol–water partition coefficient (Wildman–Crippen LogP) is 4.07. The van der Waals surface area contributed by atoms with Gasteiger partial charge in [0.2, 0.25) is 0 Å². The largest absolute Gasteiger partial charge is 0.444 e. The summed E-state index contributed by atoms with van der Waals surface area (Å²) in [6.07, 6.45) is 5.86. The van der Waals surface area contributed by atoms with Gasteiger partial charge in [-0.25, -0.2) is 14.8 Å². The Hall–Kier alpha value is -3.92. The number of carbonyl (C=O) groups excluding carboxylic acids is 1. The van der Waals surface area contributed by atoms with E-state index < -0.39 is 5.60 Å². The first-order valence-corrected chi connectivity index (χ1v) is 11.6. The third-order valence-electron chi connectivity index (χ3n) is 6.03. The van der Waals surface area contributed by atoms with E-state index in [2.05, 4.69) is 37.5 Å². The fourth-order valence-electron chi connectivity index (χ4n) is 4.40. The Morgan fingerprint density at radius 2 is 2.09 bits per heavy atom. The summed E-state index contributed by atoms with van der Waals surface area (Å²) in [4.78, 5) is 26.4. The molecule has 10 heteroatoms. The average molecular weight is 475 g/mol. The number of hydrogen-bond donors (Lipinski definition) is 3. The summed E-state index contributed by atoms with van der Waals surface area (Å²) in [7, 11) is 1.91. The summed E-state index contributed by atoms with van der Waals surface area (Å²) in [5.41, 5.74) is 11.3. The molecule has 0 unspecified atom stereocenters. The van der Waals surface area contributed by atoms with Gasteiger partial charge >= 0.3 is 6.09 Å². The molecule has 35 heavy (non-hydrogen) atoms. The van der Waals surface area contributed by atoms with Gasteiger partial charge in [-0.15, -0.1) is 0 Å². The van der Waals surface area contributed by atoms with Crippen molar-refractivity contribution in [3.8, 4) is 0 Å². The standard InChI is InChI=1S/C25H30N8O2/c1-25(2,3)35-24(34)33-7-5-15(6-8-33)20-11-19-22(27-14-28-23(19)31-20)30-18-9-16(12-26)21-17(10-18)13-29-32(21)4/h5,9-11,13-14H,6-8,12,26H2,1-4H3,(H2,27,28,30,31). The fraction of sp³-hybridized carbons (Fsp3) is 0.360. The van der Waals surface area contributed by atoms with Gasteiger partial charge in [-0.05, 0) is 56.5 Å². The second-order valence-electron chi connectivity index (χ2n) is 9.74. The third kappa shape index (κ3) is 4.57. The first-order chi connectivity index (χ1) is 16.7. The van der Waals surface area contributed by atoms with Crippen LogP contribution in [0.15, 0.2) is 36.8 Å². The highest BCUT2D eigenvalue weighted by molar-refractivity contribution is 5.94. The van der Waals surface area contributed by atoms with Gasteiger partial charge in [0.05, 0.1) is 17.1 Å². The number of benzene rings is 1. The highest BCUT2D eigenvalue weighted by Gasteiger charge is 2.24. The van der Waals surface area contributed by atoms with Crippen molar-refractivity contribution in [1.29, 1.82) is 0 Å². The van der Waals surface area contributed by atoms with Crippen molar-refractivity contribution in [2.45, 2.75) is 39.3 Å². The van der Waals surface area contributed by atoms with E-state index in [-0.39, 0.29) is 6.09 Å². The van der Waals surface area contributed by atoms with Crippen LogP contribution in [-0.4, -0.2) is 54.4 Å². The molecule has 3 aromatic heterocycles. The number of H-pyrrole nitrogens is 1. The topological polar surface area (TPSA) is 127 Å². The normalized spacial score (nSPS) is 14.4. The molecule has 4 N–H and O–H groups in total. The molecule has 0 fully saturated rings. The van der Waals surface area contributed by atoms with Crippen LogP contribution < -0.4 is 11.1 Å². The molecule has 1 amide bonds. The molecule has 10 nitrogen and oxygen atoms in total. The van der Waals surface area contributed by atoms with Crippen molar-refractivity contribution in [3.63, 3.8) is 0 Å². The number of carbonyl (C=O) groups is 1. The number of aromatic nitrogens is 5. The number of aryl methyl sites for hydroxylation is 1.